The Morgan fingerprint density at radius 1 is 1.23 bits per heavy atom. The van der Waals surface area contributed by atoms with Crippen molar-refractivity contribution in [2.75, 3.05) is 13.1 Å². The van der Waals surface area contributed by atoms with E-state index in [-0.39, 0.29) is 11.6 Å². The van der Waals surface area contributed by atoms with Crippen LogP contribution in [0, 0.1) is 24.0 Å². The number of hydrogen-bond acceptors (Lipinski definition) is 5. The second-order valence-electron chi connectivity index (χ2n) is 6.04. The van der Waals surface area contributed by atoms with Gasteiger partial charge in [-0.25, -0.2) is 0 Å². The van der Waals surface area contributed by atoms with E-state index in [2.05, 4.69) is 24.0 Å². The summed E-state index contributed by atoms with van der Waals surface area (Å²) in [6, 6.07) is 12.7. The van der Waals surface area contributed by atoms with Gasteiger partial charge in [-0.2, -0.15) is 0 Å². The van der Waals surface area contributed by atoms with Gasteiger partial charge < -0.3 is 0 Å². The summed E-state index contributed by atoms with van der Waals surface area (Å²) in [4.78, 5) is 29.7. The minimum Gasteiger partial charge on any atom is -0.286 e. The Bertz CT molecular complexity index is 895. The van der Waals surface area contributed by atoms with Gasteiger partial charge in [0.2, 0.25) is 0 Å². The average molecular weight is 369 g/mol. The lowest BCUT2D eigenvalue weighted by molar-refractivity contribution is -0.385. The highest BCUT2D eigenvalue weighted by molar-refractivity contribution is 8.13. The fraction of sp³-hybridized carbons (Fsp3) is 0.263. The van der Waals surface area contributed by atoms with Crippen LogP contribution < -0.4 is 0 Å². The van der Waals surface area contributed by atoms with E-state index in [0.29, 0.717) is 29.4 Å². The second kappa shape index (κ2) is 7.70. The molecule has 2 aromatic carbocycles. The molecule has 3 rings (SSSR count). The van der Waals surface area contributed by atoms with E-state index in [0.717, 1.165) is 5.75 Å². The van der Waals surface area contributed by atoms with E-state index >= 15 is 0 Å². The first-order chi connectivity index (χ1) is 12.5. The first-order valence-corrected chi connectivity index (χ1v) is 9.25. The zero-order valence-electron chi connectivity index (χ0n) is 14.6. The fourth-order valence-corrected chi connectivity index (χ4v) is 3.97. The van der Waals surface area contributed by atoms with Gasteiger partial charge in [0, 0.05) is 29.5 Å². The highest BCUT2D eigenvalue weighted by Crippen LogP contribution is 2.26. The number of amidine groups is 1. The summed E-state index contributed by atoms with van der Waals surface area (Å²) in [5.41, 5.74) is 3.10. The summed E-state index contributed by atoms with van der Waals surface area (Å²) in [6.45, 7) is 4.72. The molecule has 0 saturated heterocycles. The lowest BCUT2D eigenvalue weighted by Gasteiger charge is -2.19. The van der Waals surface area contributed by atoms with Gasteiger partial charge in [-0.1, -0.05) is 42.1 Å². The summed E-state index contributed by atoms with van der Waals surface area (Å²) in [6.07, 6.45) is 0. The predicted octanol–water partition coefficient (Wildman–Crippen LogP) is 3.96. The third kappa shape index (κ3) is 3.62. The number of nitrogens with zero attached hydrogens (tertiary/aromatic N) is 3. The number of carbonyl (C=O) groups excluding carboxylic acids is 1. The van der Waals surface area contributed by atoms with Crippen molar-refractivity contribution in [3.63, 3.8) is 0 Å². The Morgan fingerprint density at radius 2 is 2.00 bits per heavy atom. The molecule has 1 aliphatic heterocycles. The number of thioether (sulfide) groups is 1. The van der Waals surface area contributed by atoms with Gasteiger partial charge in [-0.3, -0.25) is 24.8 Å². The number of aliphatic imine (C=N–C) groups is 1. The number of benzene rings is 2. The number of nitro benzene ring substituents is 1. The Balaban J connectivity index is 1.78. The predicted molar refractivity (Wildman–Crippen MR) is 104 cm³/mol. The highest BCUT2D eigenvalue weighted by Gasteiger charge is 2.28. The third-order valence-electron chi connectivity index (χ3n) is 4.40. The van der Waals surface area contributed by atoms with Gasteiger partial charge in [0.05, 0.1) is 11.5 Å². The van der Waals surface area contributed by atoms with Crippen molar-refractivity contribution < 1.29 is 9.72 Å². The number of rotatable bonds is 4. The van der Waals surface area contributed by atoms with E-state index in [9.17, 15) is 14.9 Å². The molecule has 2 aromatic rings. The molecular formula is C19H19N3O3S. The lowest BCUT2D eigenvalue weighted by atomic mass is 10.1. The van der Waals surface area contributed by atoms with E-state index in [1.807, 2.05) is 12.1 Å². The molecule has 0 unspecified atom stereocenters. The van der Waals surface area contributed by atoms with E-state index in [4.69, 9.17) is 0 Å². The molecule has 0 bridgehead atoms. The van der Waals surface area contributed by atoms with Crippen molar-refractivity contribution in [2.24, 2.45) is 4.99 Å². The van der Waals surface area contributed by atoms with Crippen LogP contribution in [0.2, 0.25) is 0 Å². The molecule has 0 atom stereocenters. The van der Waals surface area contributed by atoms with Gasteiger partial charge in [0.25, 0.3) is 11.6 Å². The molecule has 1 heterocycles. The van der Waals surface area contributed by atoms with Crippen molar-refractivity contribution in [3.05, 3.63) is 74.8 Å². The molecule has 1 amide bonds. The molecule has 7 heteroatoms. The van der Waals surface area contributed by atoms with Gasteiger partial charge in [0.1, 0.15) is 0 Å². The Labute approximate surface area is 156 Å². The molecule has 6 nitrogen and oxygen atoms in total. The van der Waals surface area contributed by atoms with Crippen LogP contribution in [0.5, 0.6) is 0 Å². The first kappa shape index (κ1) is 18.1. The number of nitro groups is 1. The van der Waals surface area contributed by atoms with Crippen LogP contribution in [0.3, 0.4) is 0 Å². The van der Waals surface area contributed by atoms with Crippen LogP contribution in [0.1, 0.15) is 27.0 Å². The zero-order valence-corrected chi connectivity index (χ0v) is 15.5. The van der Waals surface area contributed by atoms with Crippen molar-refractivity contribution in [3.8, 4) is 0 Å². The van der Waals surface area contributed by atoms with Gasteiger partial charge in [0.15, 0.2) is 5.17 Å². The molecule has 26 heavy (non-hydrogen) atoms. The lowest BCUT2D eigenvalue weighted by Crippen LogP contribution is -2.33. The summed E-state index contributed by atoms with van der Waals surface area (Å²) in [5.74, 6) is 0.489. The van der Waals surface area contributed by atoms with E-state index < -0.39 is 4.92 Å². The molecule has 0 radical (unpaired) electrons. The Morgan fingerprint density at radius 3 is 2.73 bits per heavy atom. The standard InChI is InChI=1S/C19H19N3O3S/c1-13-6-3-4-7-15(13)12-26-19-20-10-11-21(19)18(23)16-8-5-9-17(14(16)2)22(24)25/h3-9H,10-12H2,1-2H3. The first-order valence-electron chi connectivity index (χ1n) is 8.26. The Hall–Kier alpha value is -2.67. The number of amides is 1. The topological polar surface area (TPSA) is 75.8 Å². The molecule has 0 N–H and O–H groups in total. The number of aryl methyl sites for hydroxylation is 1. The molecule has 0 aromatic heterocycles. The number of hydrogen-bond donors (Lipinski definition) is 0. The molecule has 0 saturated carbocycles. The minimum atomic E-state index is -0.460. The molecule has 1 aliphatic rings. The molecule has 0 spiro atoms. The summed E-state index contributed by atoms with van der Waals surface area (Å²) in [7, 11) is 0. The highest BCUT2D eigenvalue weighted by atomic mass is 32.2. The van der Waals surface area contributed by atoms with Crippen LogP contribution in [-0.2, 0) is 5.75 Å². The fourth-order valence-electron chi connectivity index (χ4n) is 2.85. The van der Waals surface area contributed by atoms with Crippen LogP contribution in [0.15, 0.2) is 47.5 Å². The van der Waals surface area contributed by atoms with Gasteiger partial charge in [-0.05, 0) is 31.0 Å². The van der Waals surface area contributed by atoms with Gasteiger partial charge in [-0.15, -0.1) is 0 Å². The maximum Gasteiger partial charge on any atom is 0.273 e. The molecule has 0 fully saturated rings. The van der Waals surface area contributed by atoms with Crippen LogP contribution in [-0.4, -0.2) is 34.0 Å². The SMILES string of the molecule is Cc1ccccc1CSC1=NCCN1C(=O)c1cccc([N+](=O)[O-])c1C. The average Bonchev–Trinajstić information content (AvgIpc) is 3.09. The molecular weight excluding hydrogens is 350 g/mol. The molecule has 134 valence electrons. The maximum atomic E-state index is 12.9. The van der Waals surface area contributed by atoms with E-state index in [1.54, 1.807) is 24.0 Å². The van der Waals surface area contributed by atoms with Crippen molar-refractivity contribution >= 4 is 28.5 Å². The largest absolute Gasteiger partial charge is 0.286 e. The number of carbonyl (C=O) groups is 1. The quantitative estimate of drug-likeness (QED) is 0.604. The van der Waals surface area contributed by atoms with Crippen molar-refractivity contribution in [1.82, 2.24) is 4.90 Å². The van der Waals surface area contributed by atoms with Crippen molar-refractivity contribution in [2.45, 2.75) is 19.6 Å². The third-order valence-corrected chi connectivity index (χ3v) is 5.46. The summed E-state index contributed by atoms with van der Waals surface area (Å²) in [5, 5.41) is 11.8. The monoisotopic (exact) mass is 369 g/mol. The second-order valence-corrected chi connectivity index (χ2v) is 6.99. The van der Waals surface area contributed by atoms with Crippen LogP contribution in [0.4, 0.5) is 5.69 Å². The zero-order chi connectivity index (χ0) is 18.7. The smallest absolute Gasteiger partial charge is 0.273 e. The Kier molecular flexibility index (Phi) is 5.37. The summed E-state index contributed by atoms with van der Waals surface area (Å²) < 4.78 is 0. The van der Waals surface area contributed by atoms with E-state index in [1.165, 1.54) is 29.0 Å². The normalized spacial score (nSPS) is 13.6. The maximum absolute atomic E-state index is 12.9. The minimum absolute atomic E-state index is 0.0406. The summed E-state index contributed by atoms with van der Waals surface area (Å²) >= 11 is 1.52. The van der Waals surface area contributed by atoms with Crippen LogP contribution >= 0.6 is 11.8 Å². The van der Waals surface area contributed by atoms with Gasteiger partial charge >= 0.3 is 0 Å². The van der Waals surface area contributed by atoms with Crippen molar-refractivity contribution in [1.29, 1.82) is 0 Å². The van der Waals surface area contributed by atoms with Crippen LogP contribution in [0.25, 0.3) is 0 Å². The molecule has 0 aliphatic carbocycles.